The van der Waals surface area contributed by atoms with Crippen LogP contribution in [0.3, 0.4) is 0 Å². The smallest absolute Gasteiger partial charge is 0.341 e. The first-order chi connectivity index (χ1) is 5.79. The molecule has 0 saturated heterocycles. The lowest BCUT2D eigenvalue weighted by Gasteiger charge is -1.99. The van der Waals surface area contributed by atoms with Crippen LogP contribution >= 0.6 is 12.4 Å². The van der Waals surface area contributed by atoms with Crippen LogP contribution in [0.25, 0.3) is 0 Å². The lowest BCUT2D eigenvalue weighted by Crippen LogP contribution is -2.09. The quantitative estimate of drug-likeness (QED) is 0.703. The van der Waals surface area contributed by atoms with E-state index in [0.717, 1.165) is 0 Å². The highest BCUT2D eigenvalue weighted by Crippen LogP contribution is 2.04. The van der Waals surface area contributed by atoms with Crippen molar-refractivity contribution in [1.29, 1.82) is 0 Å². The monoisotopic (exact) mass is 205 g/mol. The Kier molecular flexibility index (Phi) is 5.10. The van der Waals surface area contributed by atoms with Crippen LogP contribution in [0.5, 0.6) is 0 Å². The molecule has 0 unspecified atom stereocenters. The molecule has 3 N–H and O–H groups in total. The van der Waals surface area contributed by atoms with Gasteiger partial charge in [-0.1, -0.05) is 0 Å². The van der Waals surface area contributed by atoms with E-state index in [1.54, 1.807) is 6.92 Å². The van der Waals surface area contributed by atoms with E-state index in [9.17, 15) is 4.79 Å². The van der Waals surface area contributed by atoms with Crippen LogP contribution in [0.15, 0.2) is 6.20 Å². The molecule has 0 aliphatic heterocycles. The number of esters is 1. The molecule has 0 saturated carbocycles. The highest BCUT2D eigenvalue weighted by molar-refractivity contribution is 5.90. The van der Waals surface area contributed by atoms with Gasteiger partial charge in [0, 0.05) is 6.54 Å². The van der Waals surface area contributed by atoms with E-state index in [0.29, 0.717) is 17.9 Å². The molecule has 0 fully saturated rings. The van der Waals surface area contributed by atoms with Gasteiger partial charge in [-0.05, 0) is 6.92 Å². The number of hydrogen-bond donors (Lipinski definition) is 2. The zero-order chi connectivity index (χ0) is 8.97. The van der Waals surface area contributed by atoms with Gasteiger partial charge >= 0.3 is 5.97 Å². The summed E-state index contributed by atoms with van der Waals surface area (Å²) in [6.07, 6.45) is 1.42. The molecule has 1 rings (SSSR count). The molecule has 5 nitrogen and oxygen atoms in total. The van der Waals surface area contributed by atoms with E-state index >= 15 is 0 Å². The van der Waals surface area contributed by atoms with Gasteiger partial charge in [-0.25, -0.2) is 4.79 Å². The van der Waals surface area contributed by atoms with Gasteiger partial charge in [0.15, 0.2) is 0 Å². The van der Waals surface area contributed by atoms with Gasteiger partial charge < -0.3 is 10.5 Å². The molecule has 0 radical (unpaired) electrons. The van der Waals surface area contributed by atoms with Crippen molar-refractivity contribution < 1.29 is 9.53 Å². The number of hydrogen-bond acceptors (Lipinski definition) is 4. The summed E-state index contributed by atoms with van der Waals surface area (Å²) in [6, 6.07) is 0. The standard InChI is InChI=1S/C7H11N3O2.ClH/c1-2-12-7(11)5-4-9-10-6(5)3-8;/h4H,2-3,8H2,1H3,(H,9,10);1H. The molecule has 1 aromatic rings. The van der Waals surface area contributed by atoms with E-state index in [1.807, 2.05) is 0 Å². The average molecular weight is 206 g/mol. The molecule has 0 amide bonds. The number of nitrogens with zero attached hydrogens (tertiary/aromatic N) is 1. The summed E-state index contributed by atoms with van der Waals surface area (Å²) in [5.41, 5.74) is 6.37. The van der Waals surface area contributed by atoms with E-state index < -0.39 is 0 Å². The minimum absolute atomic E-state index is 0. The Balaban J connectivity index is 0.00000144. The zero-order valence-electron chi connectivity index (χ0n) is 7.24. The Morgan fingerprint density at radius 3 is 3.00 bits per heavy atom. The van der Waals surface area contributed by atoms with Crippen LogP contribution in [0.4, 0.5) is 0 Å². The Morgan fingerprint density at radius 1 is 1.77 bits per heavy atom. The van der Waals surface area contributed by atoms with Crippen molar-refractivity contribution in [3.63, 3.8) is 0 Å². The second-order valence-electron chi connectivity index (χ2n) is 2.19. The molecule has 74 valence electrons. The summed E-state index contributed by atoms with van der Waals surface area (Å²) in [5, 5.41) is 6.31. The van der Waals surface area contributed by atoms with Gasteiger partial charge in [0.05, 0.1) is 18.5 Å². The Labute approximate surface area is 82.1 Å². The molecule has 0 aliphatic carbocycles. The van der Waals surface area contributed by atoms with E-state index in [4.69, 9.17) is 10.5 Å². The van der Waals surface area contributed by atoms with E-state index in [2.05, 4.69) is 10.2 Å². The molecular weight excluding hydrogens is 194 g/mol. The predicted molar refractivity (Wildman–Crippen MR) is 49.7 cm³/mol. The Hall–Kier alpha value is -1.07. The van der Waals surface area contributed by atoms with Gasteiger partial charge in [-0.15, -0.1) is 12.4 Å². The van der Waals surface area contributed by atoms with Gasteiger partial charge in [0.1, 0.15) is 5.56 Å². The van der Waals surface area contributed by atoms with Crippen molar-refractivity contribution in [1.82, 2.24) is 10.2 Å². The highest BCUT2D eigenvalue weighted by Gasteiger charge is 2.12. The molecule has 1 heterocycles. The molecule has 0 bridgehead atoms. The number of carbonyl (C=O) groups is 1. The van der Waals surface area contributed by atoms with Crippen molar-refractivity contribution in [3.05, 3.63) is 17.5 Å². The van der Waals surface area contributed by atoms with Gasteiger partial charge in [-0.2, -0.15) is 5.10 Å². The summed E-state index contributed by atoms with van der Waals surface area (Å²) >= 11 is 0. The van der Waals surface area contributed by atoms with Crippen molar-refractivity contribution in [2.24, 2.45) is 5.73 Å². The number of rotatable bonds is 3. The van der Waals surface area contributed by atoms with Crippen molar-refractivity contribution in [3.8, 4) is 0 Å². The fourth-order valence-electron chi connectivity index (χ4n) is 0.853. The van der Waals surface area contributed by atoms with Gasteiger partial charge in [0.2, 0.25) is 0 Å². The number of nitrogens with two attached hydrogens (primary N) is 1. The fraction of sp³-hybridized carbons (Fsp3) is 0.429. The zero-order valence-corrected chi connectivity index (χ0v) is 8.06. The first kappa shape index (κ1) is 11.9. The van der Waals surface area contributed by atoms with Crippen molar-refractivity contribution in [2.75, 3.05) is 6.61 Å². The maximum atomic E-state index is 11.1. The average Bonchev–Trinajstić information content (AvgIpc) is 2.51. The largest absolute Gasteiger partial charge is 0.462 e. The summed E-state index contributed by atoms with van der Waals surface area (Å²) in [6.45, 7) is 2.36. The molecule has 6 heteroatoms. The number of aromatic nitrogens is 2. The minimum atomic E-state index is -0.383. The topological polar surface area (TPSA) is 81.0 Å². The second-order valence-corrected chi connectivity index (χ2v) is 2.19. The van der Waals surface area contributed by atoms with E-state index in [-0.39, 0.29) is 24.9 Å². The first-order valence-corrected chi connectivity index (χ1v) is 3.69. The summed E-state index contributed by atoms with van der Waals surface area (Å²) in [5.74, 6) is -0.383. The summed E-state index contributed by atoms with van der Waals surface area (Å²) < 4.78 is 4.77. The summed E-state index contributed by atoms with van der Waals surface area (Å²) in [7, 11) is 0. The van der Waals surface area contributed by atoms with Gasteiger partial charge in [0.25, 0.3) is 0 Å². The second kappa shape index (κ2) is 5.55. The van der Waals surface area contributed by atoms with Crippen LogP contribution in [0.2, 0.25) is 0 Å². The number of carbonyl (C=O) groups excluding carboxylic acids is 1. The van der Waals surface area contributed by atoms with Crippen LogP contribution < -0.4 is 5.73 Å². The number of nitrogens with one attached hydrogen (secondary N) is 1. The van der Waals surface area contributed by atoms with Gasteiger partial charge in [-0.3, -0.25) is 5.10 Å². The highest BCUT2D eigenvalue weighted by atomic mass is 35.5. The van der Waals surface area contributed by atoms with E-state index in [1.165, 1.54) is 6.20 Å². The minimum Gasteiger partial charge on any atom is -0.462 e. The lowest BCUT2D eigenvalue weighted by molar-refractivity contribution is 0.0525. The van der Waals surface area contributed by atoms with Crippen molar-refractivity contribution in [2.45, 2.75) is 13.5 Å². The Bertz CT molecular complexity index is 274. The maximum Gasteiger partial charge on any atom is 0.341 e. The molecular formula is C7H12ClN3O2. The third kappa shape index (κ3) is 2.71. The number of H-pyrrole nitrogens is 1. The van der Waals surface area contributed by atoms with Crippen LogP contribution in [0.1, 0.15) is 23.0 Å². The molecule has 1 aromatic heterocycles. The molecule has 0 aromatic carbocycles. The maximum absolute atomic E-state index is 11.1. The molecule has 0 spiro atoms. The number of ether oxygens (including phenoxy) is 1. The number of halogens is 1. The Morgan fingerprint density at radius 2 is 2.46 bits per heavy atom. The molecule has 0 atom stereocenters. The SMILES string of the molecule is CCOC(=O)c1cn[nH]c1CN.Cl. The normalized spacial score (nSPS) is 9.08. The van der Waals surface area contributed by atoms with Crippen LogP contribution in [0, 0.1) is 0 Å². The number of aromatic amines is 1. The third-order valence-corrected chi connectivity index (χ3v) is 1.42. The third-order valence-electron chi connectivity index (χ3n) is 1.42. The predicted octanol–water partition coefficient (Wildman–Crippen LogP) is 0.467. The van der Waals surface area contributed by atoms with Crippen molar-refractivity contribution >= 4 is 18.4 Å². The lowest BCUT2D eigenvalue weighted by atomic mass is 10.2. The van der Waals surface area contributed by atoms with Crippen LogP contribution in [-0.2, 0) is 11.3 Å². The first-order valence-electron chi connectivity index (χ1n) is 3.69. The summed E-state index contributed by atoms with van der Waals surface area (Å²) in [4.78, 5) is 11.1. The molecule has 0 aliphatic rings. The molecule has 13 heavy (non-hydrogen) atoms. The van der Waals surface area contributed by atoms with Crippen LogP contribution in [-0.4, -0.2) is 22.8 Å². The fourth-order valence-corrected chi connectivity index (χ4v) is 0.853.